The first-order valence-electron chi connectivity index (χ1n) is 35.4. The number of likely N-dealkylation sites (N-methyl/N-ethyl adjacent to an activating group) is 7. The third-order valence-corrected chi connectivity index (χ3v) is 21.6. The second-order valence-corrected chi connectivity index (χ2v) is 29.5. The van der Waals surface area contributed by atoms with Crippen molar-refractivity contribution in [2.75, 3.05) is 88.6 Å². The molecule has 3 saturated carbocycles. The summed E-state index contributed by atoms with van der Waals surface area (Å²) in [7, 11) is 9.95. The predicted octanol–water partition coefficient (Wildman–Crippen LogP) is 5.25. The highest BCUT2D eigenvalue weighted by atomic mass is 35.5. The Morgan fingerprint density at radius 1 is 0.633 bits per heavy atom. The molecule has 98 heavy (non-hydrogen) atoms. The van der Waals surface area contributed by atoms with Gasteiger partial charge in [-0.25, -0.2) is 0 Å². The number of hydrogen-bond acceptors (Lipinski definition) is 12. The molecular weight excluding hydrogens is 1290 g/mol. The van der Waals surface area contributed by atoms with Crippen LogP contribution in [0.1, 0.15) is 174 Å². The highest BCUT2D eigenvalue weighted by Crippen LogP contribution is 2.39. The lowest BCUT2D eigenvalue weighted by Gasteiger charge is -2.43. The molecule has 1 aromatic carbocycles. The summed E-state index contributed by atoms with van der Waals surface area (Å²) in [5.41, 5.74) is -2.34. The van der Waals surface area contributed by atoms with Gasteiger partial charge in [-0.1, -0.05) is 96.7 Å². The van der Waals surface area contributed by atoms with Crippen molar-refractivity contribution in [3.63, 3.8) is 0 Å². The normalized spacial score (nSPS) is 26.9. The van der Waals surface area contributed by atoms with E-state index >= 15 is 28.8 Å². The average molecular weight is 1400 g/mol. The van der Waals surface area contributed by atoms with Crippen LogP contribution in [0.2, 0.25) is 5.02 Å². The highest BCUT2D eigenvalue weighted by molar-refractivity contribution is 6.31. The van der Waals surface area contributed by atoms with Gasteiger partial charge in [0.05, 0.1) is 36.6 Å². The van der Waals surface area contributed by atoms with Crippen LogP contribution in [-0.2, 0) is 70.1 Å². The zero-order valence-corrected chi connectivity index (χ0v) is 60.1. The number of rotatable bonds is 11. The monoisotopic (exact) mass is 1400 g/mol. The maximum atomic E-state index is 15.8. The van der Waals surface area contributed by atoms with Gasteiger partial charge in [-0.15, -0.1) is 0 Å². The third-order valence-electron chi connectivity index (χ3n) is 21.3. The molecule has 3 heterocycles. The van der Waals surface area contributed by atoms with E-state index in [2.05, 4.69) is 16.0 Å². The van der Waals surface area contributed by atoms with Crippen molar-refractivity contribution in [1.82, 2.24) is 60.0 Å². The summed E-state index contributed by atoms with van der Waals surface area (Å²) in [6.07, 6.45) is 4.34. The molecule has 12 amide bonds. The summed E-state index contributed by atoms with van der Waals surface area (Å²) in [4.78, 5) is 190. The predicted molar refractivity (Wildman–Crippen MR) is 360 cm³/mol. The molecule has 0 aromatic heterocycles. The number of aryl methyl sites for hydroxylation is 1. The second-order valence-electron chi connectivity index (χ2n) is 29.1. The minimum Gasteiger partial charge on any atom is -0.343 e. The van der Waals surface area contributed by atoms with E-state index in [0.29, 0.717) is 70.0 Å². The Kier molecular flexibility index (Phi) is 27.4. The molecule has 6 aliphatic rings. The van der Waals surface area contributed by atoms with Crippen LogP contribution in [0.5, 0.6) is 0 Å². The molecule has 0 radical (unpaired) electrons. The molecule has 24 nitrogen and oxygen atoms in total. The topological polar surface area (TPSA) is 270 Å². The summed E-state index contributed by atoms with van der Waals surface area (Å²) in [6.45, 7) is 6.45. The standard InChI is InChI=1S/C70H106ClF3N12O12/c1-12-44(4)59-66(96)80(7)41-57(89)78(5)42-58(90)82(9)53(38-46-25-26-46)64(94)79(6)40-55(87)75-50(30-28-45-27-29-48(49(71)37-45)70(72,73)74)63(93)86-35-21-24-51(86)62(92)77-69(31-17-18-32-69)68(98)84(11)60(47-22-15-13-16-23-47)67(97)83(10)54(65(95)85-33-19-14-20-34-85)39-56(88)81(8)52(36-43(2)3)61(91)76-59/h27,29,37,43-44,46-47,50-54,59-60H,12-26,28,30-36,38-42H2,1-11H3,(H,75,87)(H,76,91)(H,77,92)/t44-,50-,51-,52-,53-,54-,59-,60-/m0/s1. The lowest BCUT2D eigenvalue weighted by Crippen LogP contribution is -2.65. The Morgan fingerprint density at radius 3 is 1.85 bits per heavy atom. The molecule has 1 spiro atoms. The van der Waals surface area contributed by atoms with Crippen LogP contribution >= 0.6 is 11.6 Å². The van der Waals surface area contributed by atoms with Gasteiger partial charge in [0.1, 0.15) is 47.8 Å². The van der Waals surface area contributed by atoms with Gasteiger partial charge < -0.3 is 60.0 Å². The van der Waals surface area contributed by atoms with Crippen LogP contribution in [0, 0.1) is 23.7 Å². The number of carbonyl (C=O) groups is 12. The third kappa shape index (κ3) is 19.5. The Labute approximate surface area is 580 Å². The Morgan fingerprint density at radius 2 is 1.24 bits per heavy atom. The number of halogens is 4. The van der Waals surface area contributed by atoms with E-state index in [1.54, 1.807) is 11.8 Å². The number of likely N-dealkylation sites (tertiary alicyclic amines) is 1. The maximum Gasteiger partial charge on any atom is 0.417 e. The van der Waals surface area contributed by atoms with E-state index in [0.717, 1.165) is 65.4 Å². The molecule has 3 aliphatic heterocycles. The van der Waals surface area contributed by atoms with Crippen molar-refractivity contribution >= 4 is 82.5 Å². The summed E-state index contributed by atoms with van der Waals surface area (Å²) in [5.74, 6) is -8.67. The van der Waals surface area contributed by atoms with Crippen molar-refractivity contribution in [2.24, 2.45) is 23.7 Å². The van der Waals surface area contributed by atoms with Gasteiger partial charge in [0.2, 0.25) is 70.9 Å². The first-order valence-corrected chi connectivity index (χ1v) is 35.7. The van der Waals surface area contributed by atoms with Crippen molar-refractivity contribution in [1.29, 1.82) is 0 Å². The number of amides is 12. The number of hydrogen-bond donors (Lipinski definition) is 3. The molecule has 3 saturated heterocycles. The van der Waals surface area contributed by atoms with Gasteiger partial charge in [0.25, 0.3) is 0 Å². The van der Waals surface area contributed by atoms with Gasteiger partial charge in [0, 0.05) is 69.0 Å². The summed E-state index contributed by atoms with van der Waals surface area (Å²) >= 11 is 6.14. The lowest BCUT2D eigenvalue weighted by molar-refractivity contribution is -0.157. The second kappa shape index (κ2) is 34.3. The van der Waals surface area contributed by atoms with E-state index in [1.807, 2.05) is 20.8 Å². The molecule has 7 rings (SSSR count). The molecule has 3 N–H and O–H groups in total. The fraction of sp³-hybridized carbons (Fsp3) is 0.743. The van der Waals surface area contributed by atoms with E-state index in [9.17, 15) is 41.9 Å². The number of piperidine rings is 1. The van der Waals surface area contributed by atoms with Crippen molar-refractivity contribution in [3.05, 3.63) is 34.3 Å². The minimum atomic E-state index is -4.76. The van der Waals surface area contributed by atoms with Crippen LogP contribution in [0.15, 0.2) is 18.2 Å². The van der Waals surface area contributed by atoms with Crippen LogP contribution in [-0.4, -0.2) is 251 Å². The first kappa shape index (κ1) is 78.3. The van der Waals surface area contributed by atoms with Crippen molar-refractivity contribution in [2.45, 2.75) is 223 Å². The Balaban J connectivity index is 1.28. The quantitative estimate of drug-likeness (QED) is 0.256. The molecule has 1 aromatic rings. The zero-order chi connectivity index (χ0) is 72.2. The number of alkyl halides is 3. The maximum absolute atomic E-state index is 15.8. The lowest BCUT2D eigenvalue weighted by atomic mass is 9.81. The van der Waals surface area contributed by atoms with Gasteiger partial charge >= 0.3 is 6.18 Å². The fourth-order valence-corrected chi connectivity index (χ4v) is 15.1. The number of fused-ring (bicyclic) bond motifs is 1. The molecule has 8 atom stereocenters. The van der Waals surface area contributed by atoms with Crippen molar-refractivity contribution in [3.8, 4) is 0 Å². The Bertz CT molecular complexity index is 3080. The van der Waals surface area contributed by atoms with E-state index in [-0.39, 0.29) is 63.3 Å². The van der Waals surface area contributed by atoms with Gasteiger partial charge in [-0.3, -0.25) is 57.5 Å². The summed E-state index contributed by atoms with van der Waals surface area (Å²) in [5, 5.41) is 8.15. The fourth-order valence-electron chi connectivity index (χ4n) is 14.8. The molecule has 3 aliphatic carbocycles. The van der Waals surface area contributed by atoms with E-state index in [4.69, 9.17) is 11.6 Å². The number of benzene rings is 1. The number of carbonyl (C=O) groups excluding carboxylic acids is 12. The van der Waals surface area contributed by atoms with Crippen LogP contribution in [0.25, 0.3) is 0 Å². The molecule has 6 fully saturated rings. The smallest absolute Gasteiger partial charge is 0.343 e. The molecule has 0 bridgehead atoms. The summed E-state index contributed by atoms with van der Waals surface area (Å²) < 4.78 is 41.5. The van der Waals surface area contributed by atoms with Crippen LogP contribution in [0.3, 0.4) is 0 Å². The highest BCUT2D eigenvalue weighted by Gasteiger charge is 2.52. The van der Waals surface area contributed by atoms with Crippen molar-refractivity contribution < 1.29 is 70.7 Å². The van der Waals surface area contributed by atoms with E-state index in [1.165, 1.54) is 79.9 Å². The van der Waals surface area contributed by atoms with Gasteiger partial charge in [0.15, 0.2) is 0 Å². The van der Waals surface area contributed by atoms with Crippen LogP contribution in [0.4, 0.5) is 13.2 Å². The van der Waals surface area contributed by atoms with E-state index < -0.39 is 173 Å². The number of nitrogens with zero attached hydrogens (tertiary/aromatic N) is 9. The minimum absolute atomic E-state index is 0.0396. The molecular formula is C70H106ClF3N12O12. The molecule has 0 unspecified atom stereocenters. The number of nitrogens with one attached hydrogen (secondary N) is 3. The Hall–Kier alpha value is -7.06. The molecule has 28 heteroatoms. The largest absolute Gasteiger partial charge is 0.417 e. The van der Waals surface area contributed by atoms with Gasteiger partial charge in [-0.2, -0.15) is 13.2 Å². The average Bonchev–Trinajstić information content (AvgIpc) is 1.85. The summed E-state index contributed by atoms with van der Waals surface area (Å²) in [6, 6.07) is -5.50. The molecule has 546 valence electrons. The van der Waals surface area contributed by atoms with Crippen LogP contribution < -0.4 is 16.0 Å². The van der Waals surface area contributed by atoms with Gasteiger partial charge in [-0.05, 0) is 125 Å². The zero-order valence-electron chi connectivity index (χ0n) is 59.3. The first-order chi connectivity index (χ1) is 46.2. The SMILES string of the molecule is CC[C@H](C)[C@@H]1NC(=O)[C@H](CC(C)C)N(C)C(=O)C[C@@H](C(=O)N2CCCCC2)N(C)C(=O)[C@H](C2CCCCC2)N(C)C(=O)C2(CCCC2)NC(=O)[C@@H]2CCCN2C(=O)[C@H](CCc2ccc(C(F)(F)F)c(Cl)c2)NC(=O)CN(C)C(=O)[C@H](CC2CC2)N(C)C(=O)CN(C)C(=O)CN(C)C1=O.